The number of nitrogens with one attached hydrogen (secondary N) is 1. The fourth-order valence-corrected chi connectivity index (χ4v) is 2.76. The van der Waals surface area contributed by atoms with Crippen molar-refractivity contribution in [1.29, 1.82) is 0 Å². The molecule has 2 fully saturated rings. The molecule has 74 valence electrons. The van der Waals surface area contributed by atoms with Crippen molar-refractivity contribution in [3.8, 4) is 0 Å². The fraction of sp³-hybridized carbons (Fsp3) is 0.909. The van der Waals surface area contributed by atoms with Crippen LogP contribution in [-0.4, -0.2) is 12.5 Å². The Bertz CT molecular complexity index is 204. The van der Waals surface area contributed by atoms with Gasteiger partial charge < -0.3 is 5.32 Å². The Labute approximate surface area is 80.1 Å². The molecule has 1 N–H and O–H groups in total. The van der Waals surface area contributed by atoms with Crippen molar-refractivity contribution < 1.29 is 4.79 Å². The molecule has 0 radical (unpaired) electrons. The van der Waals surface area contributed by atoms with Crippen LogP contribution in [0, 0.1) is 11.3 Å². The average Bonchev–Trinajstić information content (AvgIpc) is 2.11. The second-order valence-electron chi connectivity index (χ2n) is 4.96. The van der Waals surface area contributed by atoms with E-state index in [4.69, 9.17) is 0 Å². The van der Waals surface area contributed by atoms with Crippen LogP contribution in [0.5, 0.6) is 0 Å². The molecule has 0 unspecified atom stereocenters. The Morgan fingerprint density at radius 3 is 2.62 bits per heavy atom. The van der Waals surface area contributed by atoms with Crippen LogP contribution in [0.25, 0.3) is 0 Å². The molecule has 0 aromatic rings. The van der Waals surface area contributed by atoms with Crippen LogP contribution in [-0.2, 0) is 4.79 Å². The zero-order chi connectivity index (χ0) is 9.31. The third kappa shape index (κ3) is 1.87. The van der Waals surface area contributed by atoms with Crippen molar-refractivity contribution in [3.63, 3.8) is 0 Å². The molecular weight excluding hydrogens is 162 g/mol. The standard InChI is InChI=1S/C11H19NO/c1-9-2-4-11(5-3-9)6-7-12-10(13)8-11/h9H,2-8H2,1H3,(H,12,13). The molecule has 0 aromatic heterocycles. The predicted molar refractivity (Wildman–Crippen MR) is 52.3 cm³/mol. The molecule has 2 heteroatoms. The van der Waals surface area contributed by atoms with Crippen molar-refractivity contribution in [2.45, 2.75) is 45.4 Å². The lowest BCUT2D eigenvalue weighted by molar-refractivity contribution is -0.126. The number of piperidine rings is 1. The summed E-state index contributed by atoms with van der Waals surface area (Å²) in [6.07, 6.45) is 7.22. The zero-order valence-electron chi connectivity index (χ0n) is 8.44. The maximum absolute atomic E-state index is 11.3. The van der Waals surface area contributed by atoms with Crippen LogP contribution >= 0.6 is 0 Å². The Balaban J connectivity index is 1.99. The van der Waals surface area contributed by atoms with Crippen LogP contribution < -0.4 is 5.32 Å². The Kier molecular flexibility index (Phi) is 2.31. The van der Waals surface area contributed by atoms with Crippen molar-refractivity contribution in [2.75, 3.05) is 6.54 Å². The van der Waals surface area contributed by atoms with Gasteiger partial charge in [0.1, 0.15) is 0 Å². The number of hydrogen-bond acceptors (Lipinski definition) is 1. The molecule has 2 rings (SSSR count). The minimum Gasteiger partial charge on any atom is -0.356 e. The third-order valence-corrected chi connectivity index (χ3v) is 3.85. The van der Waals surface area contributed by atoms with Gasteiger partial charge in [0.25, 0.3) is 0 Å². The van der Waals surface area contributed by atoms with E-state index in [1.165, 1.54) is 32.1 Å². The van der Waals surface area contributed by atoms with Crippen LogP contribution in [0.2, 0.25) is 0 Å². The van der Waals surface area contributed by atoms with E-state index in [-0.39, 0.29) is 5.91 Å². The monoisotopic (exact) mass is 181 g/mol. The molecular formula is C11H19NO. The number of hydrogen-bond donors (Lipinski definition) is 1. The maximum Gasteiger partial charge on any atom is 0.220 e. The summed E-state index contributed by atoms with van der Waals surface area (Å²) >= 11 is 0. The first kappa shape index (κ1) is 9.04. The molecule has 1 heterocycles. The van der Waals surface area contributed by atoms with E-state index in [1.807, 2.05) is 0 Å². The Hall–Kier alpha value is -0.530. The first-order valence-corrected chi connectivity index (χ1v) is 5.47. The van der Waals surface area contributed by atoms with Gasteiger partial charge in [0.15, 0.2) is 0 Å². The van der Waals surface area contributed by atoms with E-state index in [0.29, 0.717) is 5.41 Å². The average molecular weight is 181 g/mol. The number of carbonyl (C=O) groups is 1. The van der Waals surface area contributed by atoms with E-state index in [2.05, 4.69) is 12.2 Å². The summed E-state index contributed by atoms with van der Waals surface area (Å²) in [6, 6.07) is 0. The SMILES string of the molecule is CC1CCC2(CCNC(=O)C2)CC1. The highest BCUT2D eigenvalue weighted by molar-refractivity contribution is 5.77. The summed E-state index contributed by atoms with van der Waals surface area (Å²) in [5, 5.41) is 2.93. The summed E-state index contributed by atoms with van der Waals surface area (Å²) in [5.74, 6) is 1.16. The molecule has 0 bridgehead atoms. The smallest absolute Gasteiger partial charge is 0.220 e. The van der Waals surface area contributed by atoms with Crippen LogP contribution in [0.4, 0.5) is 0 Å². The van der Waals surface area contributed by atoms with E-state index in [1.54, 1.807) is 0 Å². The summed E-state index contributed by atoms with van der Waals surface area (Å²) in [6.45, 7) is 3.24. The van der Waals surface area contributed by atoms with Gasteiger partial charge in [0, 0.05) is 13.0 Å². The minimum atomic E-state index is 0.279. The molecule has 1 saturated heterocycles. The molecule has 0 aromatic carbocycles. The maximum atomic E-state index is 11.3. The molecule has 13 heavy (non-hydrogen) atoms. The summed E-state index contributed by atoms with van der Waals surface area (Å²) < 4.78 is 0. The fourth-order valence-electron chi connectivity index (χ4n) is 2.76. The summed E-state index contributed by atoms with van der Waals surface area (Å²) in [5.41, 5.74) is 0.398. The van der Waals surface area contributed by atoms with Gasteiger partial charge in [0.05, 0.1) is 0 Å². The van der Waals surface area contributed by atoms with Crippen LogP contribution in [0.1, 0.15) is 45.4 Å². The van der Waals surface area contributed by atoms with Gasteiger partial charge in [-0.1, -0.05) is 19.8 Å². The molecule has 1 aliphatic carbocycles. The molecule has 1 saturated carbocycles. The molecule has 2 aliphatic rings. The van der Waals surface area contributed by atoms with Crippen LogP contribution in [0.15, 0.2) is 0 Å². The summed E-state index contributed by atoms with van der Waals surface area (Å²) in [4.78, 5) is 11.3. The Morgan fingerprint density at radius 2 is 2.00 bits per heavy atom. The van der Waals surface area contributed by atoms with Gasteiger partial charge in [-0.05, 0) is 30.6 Å². The van der Waals surface area contributed by atoms with E-state index in [9.17, 15) is 4.79 Å². The van der Waals surface area contributed by atoms with E-state index < -0.39 is 0 Å². The van der Waals surface area contributed by atoms with Gasteiger partial charge in [-0.15, -0.1) is 0 Å². The first-order chi connectivity index (χ1) is 6.20. The normalized spacial score (nSPS) is 40.4. The van der Waals surface area contributed by atoms with Crippen molar-refractivity contribution >= 4 is 5.91 Å². The molecule has 1 aliphatic heterocycles. The third-order valence-electron chi connectivity index (χ3n) is 3.85. The lowest BCUT2D eigenvalue weighted by atomic mass is 9.66. The lowest BCUT2D eigenvalue weighted by Crippen LogP contribution is -2.42. The highest BCUT2D eigenvalue weighted by atomic mass is 16.1. The van der Waals surface area contributed by atoms with Crippen molar-refractivity contribution in [1.82, 2.24) is 5.32 Å². The van der Waals surface area contributed by atoms with Crippen LogP contribution in [0.3, 0.4) is 0 Å². The second-order valence-corrected chi connectivity index (χ2v) is 4.96. The van der Waals surface area contributed by atoms with Gasteiger partial charge >= 0.3 is 0 Å². The van der Waals surface area contributed by atoms with Crippen molar-refractivity contribution in [3.05, 3.63) is 0 Å². The Morgan fingerprint density at radius 1 is 1.31 bits per heavy atom. The number of rotatable bonds is 0. The minimum absolute atomic E-state index is 0.279. The van der Waals surface area contributed by atoms with E-state index in [0.717, 1.165) is 18.9 Å². The number of amides is 1. The predicted octanol–water partition coefficient (Wildman–Crippen LogP) is 2.09. The number of carbonyl (C=O) groups excluding carboxylic acids is 1. The molecule has 2 nitrogen and oxygen atoms in total. The van der Waals surface area contributed by atoms with Gasteiger partial charge in [-0.25, -0.2) is 0 Å². The first-order valence-electron chi connectivity index (χ1n) is 5.47. The van der Waals surface area contributed by atoms with Crippen molar-refractivity contribution in [2.24, 2.45) is 11.3 Å². The molecule has 0 atom stereocenters. The lowest BCUT2D eigenvalue weighted by Gasteiger charge is -2.41. The highest BCUT2D eigenvalue weighted by Crippen LogP contribution is 2.44. The topological polar surface area (TPSA) is 29.1 Å². The zero-order valence-corrected chi connectivity index (χ0v) is 8.44. The summed E-state index contributed by atoms with van der Waals surface area (Å²) in [7, 11) is 0. The van der Waals surface area contributed by atoms with Gasteiger partial charge in [-0.2, -0.15) is 0 Å². The largest absolute Gasteiger partial charge is 0.356 e. The molecule has 1 spiro atoms. The highest BCUT2D eigenvalue weighted by Gasteiger charge is 2.37. The quantitative estimate of drug-likeness (QED) is 0.609. The van der Waals surface area contributed by atoms with Gasteiger partial charge in [0.2, 0.25) is 5.91 Å². The second kappa shape index (κ2) is 3.32. The van der Waals surface area contributed by atoms with E-state index >= 15 is 0 Å². The van der Waals surface area contributed by atoms with Gasteiger partial charge in [-0.3, -0.25) is 4.79 Å². The molecule has 1 amide bonds.